The molecule has 1 amide bonds. The lowest BCUT2D eigenvalue weighted by atomic mass is 9.80. The topological polar surface area (TPSA) is 101 Å². The number of carbonyl (C=O) groups is 2. The lowest BCUT2D eigenvalue weighted by Gasteiger charge is -2.27. The molecule has 0 saturated carbocycles. The van der Waals surface area contributed by atoms with E-state index in [2.05, 4.69) is 10.2 Å². The van der Waals surface area contributed by atoms with E-state index < -0.39 is 0 Å². The Kier molecular flexibility index (Phi) is 5.00. The number of carbonyl (C=O) groups excluding carboxylic acids is 2. The Morgan fingerprint density at radius 3 is 2.59 bits per heavy atom. The van der Waals surface area contributed by atoms with Gasteiger partial charge in [0.05, 0.1) is 5.69 Å². The number of aryl methyl sites for hydroxylation is 1. The zero-order valence-corrected chi connectivity index (χ0v) is 18.0. The van der Waals surface area contributed by atoms with Crippen molar-refractivity contribution in [3.05, 3.63) is 70.0 Å². The molecule has 2 aromatic heterocycles. The van der Waals surface area contributed by atoms with Gasteiger partial charge in [0.25, 0.3) is 11.5 Å². The Bertz CT molecular complexity index is 1250. The van der Waals surface area contributed by atoms with Crippen LogP contribution in [0, 0.1) is 5.41 Å². The van der Waals surface area contributed by atoms with E-state index in [4.69, 9.17) is 4.98 Å². The lowest BCUT2D eigenvalue weighted by molar-refractivity contribution is 0.0761. The van der Waals surface area contributed by atoms with Crippen molar-refractivity contribution in [2.24, 2.45) is 5.41 Å². The first kappa shape index (κ1) is 20.4. The normalized spacial score (nSPS) is 20.2. The standard InChI is InChI=1S/C24H25N5O3/c1-16(30)18-13-20(27-26-18)23(32)28-11-9-24(15-28)8-7-21-25-19(17-5-3-2-4-6-17)14-22(31)29(21)12-10-24/h2-6,13-14H,7-12,15H2,1H3,(H,26,27). The van der Waals surface area contributed by atoms with Gasteiger partial charge in [-0.3, -0.25) is 24.0 Å². The van der Waals surface area contributed by atoms with Crippen LogP contribution in [0.2, 0.25) is 0 Å². The Morgan fingerprint density at radius 1 is 1.06 bits per heavy atom. The molecule has 4 heterocycles. The number of Topliss-reactive ketones (excluding diaryl/α,β-unsaturated/α-hetero) is 1. The highest BCUT2D eigenvalue weighted by atomic mass is 16.2. The summed E-state index contributed by atoms with van der Waals surface area (Å²) in [6.07, 6.45) is 3.30. The second-order valence-electron chi connectivity index (χ2n) is 8.86. The minimum Gasteiger partial charge on any atom is -0.337 e. The summed E-state index contributed by atoms with van der Waals surface area (Å²) >= 11 is 0. The van der Waals surface area contributed by atoms with E-state index >= 15 is 0 Å². The van der Waals surface area contributed by atoms with Gasteiger partial charge in [-0.05, 0) is 30.7 Å². The SMILES string of the molecule is CC(=O)c1cc(C(=O)N2CCC3(CCc4nc(-c5ccccc5)cc(=O)n4CC3)C2)[nH]n1. The summed E-state index contributed by atoms with van der Waals surface area (Å²) in [6, 6.07) is 12.9. The molecule has 5 rings (SSSR count). The van der Waals surface area contributed by atoms with Gasteiger partial charge in [-0.25, -0.2) is 4.98 Å². The molecule has 8 heteroatoms. The number of benzene rings is 1. The minimum atomic E-state index is -0.174. The molecular weight excluding hydrogens is 406 g/mol. The first-order valence-electron chi connectivity index (χ1n) is 11.0. The average molecular weight is 431 g/mol. The van der Waals surface area contributed by atoms with E-state index in [1.807, 2.05) is 35.2 Å². The van der Waals surface area contributed by atoms with E-state index in [9.17, 15) is 14.4 Å². The number of fused-ring (bicyclic) bond motifs is 1. The Balaban J connectivity index is 1.34. The van der Waals surface area contributed by atoms with Crippen molar-refractivity contribution >= 4 is 11.7 Å². The number of amides is 1. The first-order chi connectivity index (χ1) is 15.4. The van der Waals surface area contributed by atoms with Crippen LogP contribution in [0.15, 0.2) is 47.3 Å². The molecule has 32 heavy (non-hydrogen) atoms. The number of rotatable bonds is 3. The van der Waals surface area contributed by atoms with Gasteiger partial charge in [-0.1, -0.05) is 30.3 Å². The molecule has 1 unspecified atom stereocenters. The second-order valence-corrected chi connectivity index (χ2v) is 8.86. The maximum absolute atomic E-state index is 12.9. The number of aromatic nitrogens is 4. The number of hydrogen-bond acceptors (Lipinski definition) is 5. The third-order valence-electron chi connectivity index (χ3n) is 6.80. The minimum absolute atomic E-state index is 0.0222. The van der Waals surface area contributed by atoms with Crippen LogP contribution in [-0.2, 0) is 13.0 Å². The van der Waals surface area contributed by atoms with Crippen LogP contribution in [-0.4, -0.2) is 49.4 Å². The van der Waals surface area contributed by atoms with Crippen molar-refractivity contribution in [1.82, 2.24) is 24.6 Å². The fourth-order valence-corrected chi connectivity index (χ4v) is 4.89. The zero-order valence-electron chi connectivity index (χ0n) is 18.0. The number of ketones is 1. The molecule has 8 nitrogen and oxygen atoms in total. The monoisotopic (exact) mass is 431 g/mol. The van der Waals surface area contributed by atoms with Gasteiger partial charge in [0.1, 0.15) is 17.2 Å². The molecule has 1 spiro atoms. The van der Waals surface area contributed by atoms with Gasteiger partial charge in [0.15, 0.2) is 5.78 Å². The largest absolute Gasteiger partial charge is 0.337 e. The van der Waals surface area contributed by atoms with Crippen LogP contribution in [0.25, 0.3) is 11.3 Å². The quantitative estimate of drug-likeness (QED) is 0.643. The molecule has 0 aliphatic carbocycles. The molecule has 1 saturated heterocycles. The summed E-state index contributed by atoms with van der Waals surface area (Å²) in [5, 5.41) is 6.62. The fourth-order valence-electron chi connectivity index (χ4n) is 4.89. The number of nitrogens with zero attached hydrogens (tertiary/aromatic N) is 4. The summed E-state index contributed by atoms with van der Waals surface area (Å²) in [4.78, 5) is 43.9. The van der Waals surface area contributed by atoms with Gasteiger partial charge in [0.2, 0.25) is 0 Å². The third kappa shape index (κ3) is 3.66. The average Bonchev–Trinajstić information content (AvgIpc) is 3.41. The lowest BCUT2D eigenvalue weighted by Crippen LogP contribution is -2.33. The third-order valence-corrected chi connectivity index (χ3v) is 6.80. The highest BCUT2D eigenvalue weighted by molar-refractivity contribution is 5.97. The molecule has 1 aromatic carbocycles. The molecule has 2 aliphatic rings. The van der Waals surface area contributed by atoms with Crippen molar-refractivity contribution in [2.75, 3.05) is 13.1 Å². The molecule has 1 atom stereocenters. The van der Waals surface area contributed by atoms with Crippen LogP contribution in [0.1, 0.15) is 53.0 Å². The van der Waals surface area contributed by atoms with Gasteiger partial charge in [0, 0.05) is 44.6 Å². The van der Waals surface area contributed by atoms with Gasteiger partial charge in [-0.15, -0.1) is 0 Å². The number of likely N-dealkylation sites (tertiary alicyclic amines) is 1. The summed E-state index contributed by atoms with van der Waals surface area (Å²) < 4.78 is 1.79. The highest BCUT2D eigenvalue weighted by Crippen LogP contribution is 2.40. The summed E-state index contributed by atoms with van der Waals surface area (Å²) in [5.74, 6) is 0.510. The second kappa shape index (κ2) is 7.85. The molecule has 3 aromatic rings. The maximum Gasteiger partial charge on any atom is 0.271 e. The first-order valence-corrected chi connectivity index (χ1v) is 11.0. The summed E-state index contributed by atoms with van der Waals surface area (Å²) in [5.41, 5.74) is 2.20. The van der Waals surface area contributed by atoms with Crippen molar-refractivity contribution in [3.8, 4) is 11.3 Å². The predicted molar refractivity (Wildman–Crippen MR) is 118 cm³/mol. The molecule has 2 aliphatic heterocycles. The Hall–Kier alpha value is -3.55. The molecule has 164 valence electrons. The van der Waals surface area contributed by atoms with Crippen molar-refractivity contribution < 1.29 is 9.59 Å². The smallest absolute Gasteiger partial charge is 0.271 e. The molecule has 1 N–H and O–H groups in total. The molecular formula is C24H25N5O3. The molecule has 0 radical (unpaired) electrons. The van der Waals surface area contributed by atoms with E-state index in [0.717, 1.165) is 30.7 Å². The van der Waals surface area contributed by atoms with Gasteiger partial charge < -0.3 is 4.90 Å². The van der Waals surface area contributed by atoms with Crippen LogP contribution < -0.4 is 5.56 Å². The fraction of sp³-hybridized carbons (Fsp3) is 0.375. The van der Waals surface area contributed by atoms with E-state index in [-0.39, 0.29) is 28.4 Å². The molecule has 1 fully saturated rings. The van der Waals surface area contributed by atoms with Crippen molar-refractivity contribution in [3.63, 3.8) is 0 Å². The maximum atomic E-state index is 12.9. The predicted octanol–water partition coefficient (Wildman–Crippen LogP) is 2.70. The Labute approximate surface area is 185 Å². The van der Waals surface area contributed by atoms with E-state index in [0.29, 0.717) is 37.4 Å². The van der Waals surface area contributed by atoms with Crippen LogP contribution in [0.5, 0.6) is 0 Å². The zero-order chi connectivity index (χ0) is 22.3. The van der Waals surface area contributed by atoms with Gasteiger partial charge in [-0.2, -0.15) is 5.10 Å². The molecule has 0 bridgehead atoms. The Morgan fingerprint density at radius 2 is 1.84 bits per heavy atom. The summed E-state index contributed by atoms with van der Waals surface area (Å²) in [6.45, 7) is 3.32. The number of H-pyrrole nitrogens is 1. The highest BCUT2D eigenvalue weighted by Gasteiger charge is 2.41. The van der Waals surface area contributed by atoms with Crippen LogP contribution >= 0.6 is 0 Å². The van der Waals surface area contributed by atoms with E-state index in [1.165, 1.54) is 13.0 Å². The van der Waals surface area contributed by atoms with E-state index in [1.54, 1.807) is 10.6 Å². The van der Waals surface area contributed by atoms with Crippen LogP contribution in [0.4, 0.5) is 0 Å². The number of aromatic amines is 1. The van der Waals surface area contributed by atoms with Gasteiger partial charge >= 0.3 is 0 Å². The van der Waals surface area contributed by atoms with Crippen molar-refractivity contribution in [1.29, 1.82) is 0 Å². The van der Waals surface area contributed by atoms with Crippen molar-refractivity contribution in [2.45, 2.75) is 39.2 Å². The summed E-state index contributed by atoms with van der Waals surface area (Å²) in [7, 11) is 0. The van der Waals surface area contributed by atoms with Crippen LogP contribution in [0.3, 0.4) is 0 Å². The number of hydrogen-bond donors (Lipinski definition) is 1. The number of nitrogens with one attached hydrogen (secondary N) is 1.